The van der Waals surface area contributed by atoms with E-state index in [1.807, 2.05) is 0 Å². The summed E-state index contributed by atoms with van der Waals surface area (Å²) in [4.78, 5) is 11.4. The fraction of sp³-hybridized carbons (Fsp3) is 0.917. The summed E-state index contributed by atoms with van der Waals surface area (Å²) in [6, 6.07) is 0.622. The fourth-order valence-corrected chi connectivity index (χ4v) is 2.05. The molecule has 1 amide bonds. The van der Waals surface area contributed by atoms with Crippen LogP contribution in [0.4, 0.5) is 0 Å². The van der Waals surface area contributed by atoms with E-state index in [1.54, 1.807) is 0 Å². The Labute approximate surface area is 92.0 Å². The molecule has 0 aromatic carbocycles. The van der Waals surface area contributed by atoms with Crippen LogP contribution in [0.25, 0.3) is 0 Å². The van der Waals surface area contributed by atoms with Gasteiger partial charge in [-0.1, -0.05) is 13.3 Å². The molecule has 2 aliphatic carbocycles. The predicted molar refractivity (Wildman–Crippen MR) is 60.5 cm³/mol. The van der Waals surface area contributed by atoms with Crippen LogP contribution in [0, 0.1) is 11.8 Å². The second-order valence-corrected chi connectivity index (χ2v) is 5.02. The lowest BCUT2D eigenvalue weighted by Crippen LogP contribution is -2.36. The van der Waals surface area contributed by atoms with Gasteiger partial charge in [-0.2, -0.15) is 0 Å². The maximum Gasteiger partial charge on any atom is 0.233 e. The molecule has 2 unspecified atom stereocenters. The van der Waals surface area contributed by atoms with Crippen LogP contribution in [-0.2, 0) is 4.79 Å². The smallest absolute Gasteiger partial charge is 0.233 e. The molecule has 3 heteroatoms. The summed E-state index contributed by atoms with van der Waals surface area (Å²) in [5, 5.41) is 6.30. The van der Waals surface area contributed by atoms with E-state index in [-0.39, 0.29) is 5.91 Å². The fourth-order valence-electron chi connectivity index (χ4n) is 2.05. The molecule has 0 spiro atoms. The molecule has 0 aliphatic heterocycles. The summed E-state index contributed by atoms with van der Waals surface area (Å²) in [5.74, 6) is 1.79. The SMILES string of the molecule is CCCC1CC1NCC(=O)NCC1CC1. The highest BCUT2D eigenvalue weighted by Crippen LogP contribution is 2.34. The van der Waals surface area contributed by atoms with Gasteiger partial charge in [-0.15, -0.1) is 0 Å². The van der Waals surface area contributed by atoms with Gasteiger partial charge in [0.2, 0.25) is 5.91 Å². The Balaban J connectivity index is 1.48. The summed E-state index contributed by atoms with van der Waals surface area (Å²) >= 11 is 0. The highest BCUT2D eigenvalue weighted by atomic mass is 16.1. The van der Waals surface area contributed by atoms with E-state index in [1.165, 1.54) is 32.1 Å². The molecular weight excluding hydrogens is 188 g/mol. The minimum atomic E-state index is 0.170. The molecule has 0 bridgehead atoms. The first-order valence-electron chi connectivity index (χ1n) is 6.29. The van der Waals surface area contributed by atoms with Crippen LogP contribution in [0.3, 0.4) is 0 Å². The van der Waals surface area contributed by atoms with Gasteiger partial charge in [-0.3, -0.25) is 4.79 Å². The Kier molecular flexibility index (Phi) is 3.62. The number of hydrogen-bond donors (Lipinski definition) is 2. The highest BCUT2D eigenvalue weighted by Gasteiger charge is 2.35. The maximum absolute atomic E-state index is 11.4. The lowest BCUT2D eigenvalue weighted by atomic mass is 10.2. The van der Waals surface area contributed by atoms with Crippen molar-refractivity contribution in [1.29, 1.82) is 0 Å². The molecular formula is C12H22N2O. The summed E-state index contributed by atoms with van der Waals surface area (Å²) in [5.41, 5.74) is 0. The molecule has 2 N–H and O–H groups in total. The van der Waals surface area contributed by atoms with Gasteiger partial charge in [-0.25, -0.2) is 0 Å². The molecule has 86 valence electrons. The lowest BCUT2D eigenvalue weighted by Gasteiger charge is -2.05. The van der Waals surface area contributed by atoms with Crippen molar-refractivity contribution in [3.05, 3.63) is 0 Å². The molecule has 0 radical (unpaired) electrons. The zero-order valence-electron chi connectivity index (χ0n) is 9.59. The number of rotatable bonds is 7. The van der Waals surface area contributed by atoms with Crippen LogP contribution in [0.2, 0.25) is 0 Å². The van der Waals surface area contributed by atoms with Crippen LogP contribution in [-0.4, -0.2) is 25.0 Å². The second-order valence-electron chi connectivity index (χ2n) is 5.02. The summed E-state index contributed by atoms with van der Waals surface area (Å²) in [7, 11) is 0. The monoisotopic (exact) mass is 210 g/mol. The Morgan fingerprint density at radius 3 is 2.87 bits per heavy atom. The summed E-state index contributed by atoms with van der Waals surface area (Å²) < 4.78 is 0. The Bertz CT molecular complexity index is 226. The van der Waals surface area contributed by atoms with Crippen molar-refractivity contribution in [3.8, 4) is 0 Å². The molecule has 0 heterocycles. The predicted octanol–water partition coefficient (Wildman–Crippen LogP) is 1.29. The van der Waals surface area contributed by atoms with Gasteiger partial charge in [0.1, 0.15) is 0 Å². The van der Waals surface area contributed by atoms with Gasteiger partial charge in [-0.05, 0) is 37.5 Å². The number of carbonyl (C=O) groups is 1. The van der Waals surface area contributed by atoms with Crippen molar-refractivity contribution in [2.24, 2.45) is 11.8 Å². The van der Waals surface area contributed by atoms with Gasteiger partial charge in [0.05, 0.1) is 6.54 Å². The molecule has 2 saturated carbocycles. The van der Waals surface area contributed by atoms with Crippen molar-refractivity contribution in [2.45, 2.75) is 45.1 Å². The molecule has 0 aromatic rings. The van der Waals surface area contributed by atoms with Gasteiger partial charge in [0.15, 0.2) is 0 Å². The van der Waals surface area contributed by atoms with E-state index in [0.717, 1.165) is 18.4 Å². The van der Waals surface area contributed by atoms with Crippen LogP contribution >= 0.6 is 0 Å². The highest BCUT2D eigenvalue weighted by molar-refractivity contribution is 5.78. The zero-order valence-corrected chi connectivity index (χ0v) is 9.59. The lowest BCUT2D eigenvalue weighted by molar-refractivity contribution is -0.120. The van der Waals surface area contributed by atoms with E-state index in [9.17, 15) is 4.79 Å². The standard InChI is InChI=1S/C12H22N2O/c1-2-3-10-6-11(10)13-8-12(15)14-7-9-4-5-9/h9-11,13H,2-8H2,1H3,(H,14,15). The average Bonchev–Trinajstić information content (AvgIpc) is 3.09. The van der Waals surface area contributed by atoms with E-state index in [2.05, 4.69) is 17.6 Å². The molecule has 2 rings (SSSR count). The molecule has 0 saturated heterocycles. The van der Waals surface area contributed by atoms with Crippen molar-refractivity contribution in [2.75, 3.05) is 13.1 Å². The largest absolute Gasteiger partial charge is 0.355 e. The third kappa shape index (κ3) is 3.82. The molecule has 0 aromatic heterocycles. The third-order valence-electron chi connectivity index (χ3n) is 3.39. The van der Waals surface area contributed by atoms with Crippen molar-refractivity contribution >= 4 is 5.91 Å². The Morgan fingerprint density at radius 2 is 2.20 bits per heavy atom. The molecule has 2 atom stereocenters. The number of carbonyl (C=O) groups excluding carboxylic acids is 1. The molecule has 2 fully saturated rings. The van der Waals surface area contributed by atoms with E-state index in [4.69, 9.17) is 0 Å². The van der Waals surface area contributed by atoms with Crippen LogP contribution in [0.5, 0.6) is 0 Å². The summed E-state index contributed by atoms with van der Waals surface area (Å²) in [6.45, 7) is 3.62. The average molecular weight is 210 g/mol. The first-order valence-corrected chi connectivity index (χ1v) is 6.29. The normalized spacial score (nSPS) is 28.9. The first kappa shape index (κ1) is 10.9. The van der Waals surface area contributed by atoms with Crippen LogP contribution in [0.1, 0.15) is 39.0 Å². The number of hydrogen-bond acceptors (Lipinski definition) is 2. The van der Waals surface area contributed by atoms with Crippen LogP contribution < -0.4 is 10.6 Å². The van der Waals surface area contributed by atoms with E-state index < -0.39 is 0 Å². The Morgan fingerprint density at radius 1 is 1.40 bits per heavy atom. The molecule has 3 nitrogen and oxygen atoms in total. The van der Waals surface area contributed by atoms with Crippen molar-refractivity contribution in [3.63, 3.8) is 0 Å². The minimum Gasteiger partial charge on any atom is -0.355 e. The number of nitrogens with one attached hydrogen (secondary N) is 2. The minimum absolute atomic E-state index is 0.170. The molecule has 15 heavy (non-hydrogen) atoms. The topological polar surface area (TPSA) is 41.1 Å². The number of amides is 1. The van der Waals surface area contributed by atoms with E-state index >= 15 is 0 Å². The van der Waals surface area contributed by atoms with Gasteiger partial charge >= 0.3 is 0 Å². The first-order chi connectivity index (χ1) is 7.29. The maximum atomic E-state index is 11.4. The Hall–Kier alpha value is -0.570. The van der Waals surface area contributed by atoms with Gasteiger partial charge < -0.3 is 10.6 Å². The summed E-state index contributed by atoms with van der Waals surface area (Å²) in [6.07, 6.45) is 6.44. The quantitative estimate of drug-likeness (QED) is 0.665. The van der Waals surface area contributed by atoms with Crippen molar-refractivity contribution in [1.82, 2.24) is 10.6 Å². The van der Waals surface area contributed by atoms with E-state index in [0.29, 0.717) is 12.6 Å². The van der Waals surface area contributed by atoms with Gasteiger partial charge in [0.25, 0.3) is 0 Å². The van der Waals surface area contributed by atoms with Gasteiger partial charge in [0, 0.05) is 12.6 Å². The van der Waals surface area contributed by atoms with Crippen LogP contribution in [0.15, 0.2) is 0 Å². The molecule has 2 aliphatic rings. The zero-order chi connectivity index (χ0) is 10.7. The van der Waals surface area contributed by atoms with Crippen molar-refractivity contribution < 1.29 is 4.79 Å². The second kappa shape index (κ2) is 4.97. The third-order valence-corrected chi connectivity index (χ3v) is 3.39.